The summed E-state index contributed by atoms with van der Waals surface area (Å²) < 4.78 is 18.2. The van der Waals surface area contributed by atoms with Crippen LogP contribution in [0.4, 0.5) is 10.1 Å². The van der Waals surface area contributed by atoms with E-state index in [1.54, 1.807) is 24.3 Å². The highest BCUT2D eigenvalue weighted by molar-refractivity contribution is 6.32. The smallest absolute Gasteiger partial charge is 0.265 e. The fourth-order valence-corrected chi connectivity index (χ4v) is 2.03. The van der Waals surface area contributed by atoms with E-state index in [0.29, 0.717) is 5.69 Å². The molecule has 0 bridgehead atoms. The van der Waals surface area contributed by atoms with Gasteiger partial charge in [-0.1, -0.05) is 29.8 Å². The first-order valence-electron chi connectivity index (χ1n) is 6.42. The fourth-order valence-electron chi connectivity index (χ4n) is 1.81. The Morgan fingerprint density at radius 2 is 2.00 bits per heavy atom. The zero-order valence-corrected chi connectivity index (χ0v) is 12.3. The van der Waals surface area contributed by atoms with E-state index in [4.69, 9.17) is 21.6 Å². The molecule has 0 atom stereocenters. The normalized spacial score (nSPS) is 9.86. The molecule has 112 valence electrons. The van der Waals surface area contributed by atoms with Crippen molar-refractivity contribution in [3.8, 4) is 11.8 Å². The average molecular weight is 319 g/mol. The number of nitriles is 1. The van der Waals surface area contributed by atoms with Crippen molar-refractivity contribution >= 4 is 23.2 Å². The van der Waals surface area contributed by atoms with E-state index in [-0.39, 0.29) is 23.9 Å². The molecule has 0 spiro atoms. The van der Waals surface area contributed by atoms with Gasteiger partial charge in [-0.2, -0.15) is 5.26 Å². The minimum Gasteiger partial charge on any atom is -0.482 e. The largest absolute Gasteiger partial charge is 0.482 e. The van der Waals surface area contributed by atoms with Crippen LogP contribution in [-0.4, -0.2) is 19.1 Å². The molecule has 0 saturated carbocycles. The number of halogens is 2. The van der Waals surface area contributed by atoms with E-state index >= 15 is 0 Å². The number of carbonyl (C=O) groups is 1. The van der Waals surface area contributed by atoms with Crippen molar-refractivity contribution in [1.29, 1.82) is 5.26 Å². The maximum absolute atomic E-state index is 12.9. The number of benzene rings is 2. The minimum atomic E-state index is -0.487. The van der Waals surface area contributed by atoms with Gasteiger partial charge in [-0.25, -0.2) is 4.39 Å². The maximum Gasteiger partial charge on any atom is 0.265 e. The molecule has 0 fully saturated rings. The second-order valence-corrected chi connectivity index (χ2v) is 4.74. The predicted molar refractivity (Wildman–Crippen MR) is 81.3 cm³/mol. The van der Waals surface area contributed by atoms with Crippen molar-refractivity contribution in [1.82, 2.24) is 0 Å². The quantitative estimate of drug-likeness (QED) is 0.794. The number of hydrogen-bond acceptors (Lipinski definition) is 3. The molecule has 1 amide bonds. The van der Waals surface area contributed by atoms with Gasteiger partial charge in [0.15, 0.2) is 6.61 Å². The molecular weight excluding hydrogens is 307 g/mol. The van der Waals surface area contributed by atoms with Crippen molar-refractivity contribution in [2.24, 2.45) is 0 Å². The molecule has 0 aromatic heterocycles. The third kappa shape index (κ3) is 3.96. The highest BCUT2D eigenvalue weighted by Gasteiger charge is 2.16. The van der Waals surface area contributed by atoms with E-state index in [0.717, 1.165) is 6.07 Å². The Hall–Kier alpha value is -2.58. The van der Waals surface area contributed by atoms with Gasteiger partial charge < -0.3 is 4.74 Å². The van der Waals surface area contributed by atoms with Gasteiger partial charge in [-0.05, 0) is 30.3 Å². The Kier molecular flexibility index (Phi) is 5.34. The molecule has 6 heteroatoms. The van der Waals surface area contributed by atoms with Gasteiger partial charge in [0.05, 0.1) is 11.1 Å². The van der Waals surface area contributed by atoms with Gasteiger partial charge in [0.2, 0.25) is 0 Å². The van der Waals surface area contributed by atoms with Crippen molar-refractivity contribution in [3.63, 3.8) is 0 Å². The summed E-state index contributed by atoms with van der Waals surface area (Å²) in [4.78, 5) is 13.5. The zero-order valence-electron chi connectivity index (χ0n) is 11.5. The number of amides is 1. The molecule has 0 radical (unpaired) electrons. The lowest BCUT2D eigenvalue weighted by Crippen LogP contribution is -2.35. The number of para-hydroxylation sites is 1. The topological polar surface area (TPSA) is 53.3 Å². The second kappa shape index (κ2) is 7.43. The Morgan fingerprint density at radius 1 is 1.27 bits per heavy atom. The highest BCUT2D eigenvalue weighted by atomic mass is 35.5. The van der Waals surface area contributed by atoms with E-state index in [9.17, 15) is 9.18 Å². The van der Waals surface area contributed by atoms with Crippen LogP contribution in [0.1, 0.15) is 0 Å². The Balaban J connectivity index is 2.07. The Labute approximate surface area is 132 Å². The number of ether oxygens (including phenoxy) is 1. The number of rotatable bonds is 5. The molecule has 2 aromatic rings. The van der Waals surface area contributed by atoms with Crippen LogP contribution in [0, 0.1) is 17.1 Å². The van der Waals surface area contributed by atoms with E-state index in [1.807, 2.05) is 12.1 Å². The third-order valence-electron chi connectivity index (χ3n) is 2.84. The van der Waals surface area contributed by atoms with Crippen molar-refractivity contribution in [3.05, 3.63) is 59.4 Å². The molecule has 0 heterocycles. The monoisotopic (exact) mass is 318 g/mol. The van der Waals surface area contributed by atoms with Gasteiger partial charge in [-0.15, -0.1) is 0 Å². The standard InChI is InChI=1S/C16H12ClFN2O2/c17-14-10-12(18)6-7-15(14)22-11-16(21)20(9-8-19)13-4-2-1-3-5-13/h1-7,10H,9,11H2. The van der Waals surface area contributed by atoms with Gasteiger partial charge in [-0.3, -0.25) is 9.69 Å². The lowest BCUT2D eigenvalue weighted by Gasteiger charge is -2.20. The van der Waals surface area contributed by atoms with Gasteiger partial charge in [0.1, 0.15) is 18.1 Å². The molecule has 0 aliphatic carbocycles. The molecule has 2 aromatic carbocycles. The molecule has 2 rings (SSSR count). The number of nitrogens with zero attached hydrogens (tertiary/aromatic N) is 2. The summed E-state index contributed by atoms with van der Waals surface area (Å²) in [6, 6.07) is 14.4. The summed E-state index contributed by atoms with van der Waals surface area (Å²) in [5.41, 5.74) is 0.600. The Morgan fingerprint density at radius 3 is 2.64 bits per heavy atom. The molecule has 0 aliphatic rings. The molecule has 22 heavy (non-hydrogen) atoms. The first-order valence-corrected chi connectivity index (χ1v) is 6.80. The lowest BCUT2D eigenvalue weighted by atomic mass is 10.3. The molecule has 0 aliphatic heterocycles. The van der Waals surface area contributed by atoms with E-state index in [1.165, 1.54) is 17.0 Å². The summed E-state index contributed by atoms with van der Waals surface area (Å²) in [5.74, 6) is -0.673. The highest BCUT2D eigenvalue weighted by Crippen LogP contribution is 2.25. The SMILES string of the molecule is N#CCN(C(=O)COc1ccc(F)cc1Cl)c1ccccc1. The van der Waals surface area contributed by atoms with Crippen LogP contribution in [0.25, 0.3) is 0 Å². The van der Waals surface area contributed by atoms with Crippen molar-refractivity contribution in [2.75, 3.05) is 18.1 Å². The van der Waals surface area contributed by atoms with Crippen LogP contribution in [-0.2, 0) is 4.79 Å². The molecule has 0 N–H and O–H groups in total. The van der Waals surface area contributed by atoms with Crippen molar-refractivity contribution < 1.29 is 13.9 Å². The fraction of sp³-hybridized carbons (Fsp3) is 0.125. The number of hydrogen-bond donors (Lipinski definition) is 0. The molecule has 4 nitrogen and oxygen atoms in total. The molecule has 0 unspecified atom stereocenters. The summed E-state index contributed by atoms with van der Waals surface area (Å²) in [5, 5.41) is 8.94. The third-order valence-corrected chi connectivity index (χ3v) is 3.14. The van der Waals surface area contributed by atoms with Gasteiger partial charge in [0, 0.05) is 5.69 Å². The van der Waals surface area contributed by atoms with E-state index in [2.05, 4.69) is 0 Å². The number of anilines is 1. The van der Waals surface area contributed by atoms with E-state index < -0.39 is 11.7 Å². The van der Waals surface area contributed by atoms with Crippen LogP contribution < -0.4 is 9.64 Å². The van der Waals surface area contributed by atoms with Crippen LogP contribution in [0.3, 0.4) is 0 Å². The van der Waals surface area contributed by atoms with Crippen LogP contribution in [0.5, 0.6) is 5.75 Å². The predicted octanol–water partition coefficient (Wildman–Crippen LogP) is 3.41. The van der Waals surface area contributed by atoms with Crippen molar-refractivity contribution in [2.45, 2.75) is 0 Å². The average Bonchev–Trinajstić information content (AvgIpc) is 2.52. The summed E-state index contributed by atoms with van der Waals surface area (Å²) >= 11 is 5.83. The van der Waals surface area contributed by atoms with Crippen LogP contribution in [0.2, 0.25) is 5.02 Å². The summed E-state index contributed by atoms with van der Waals surface area (Å²) in [7, 11) is 0. The number of carbonyl (C=O) groups excluding carboxylic acids is 1. The van der Waals surface area contributed by atoms with Gasteiger partial charge in [0.25, 0.3) is 5.91 Å². The van der Waals surface area contributed by atoms with Crippen LogP contribution >= 0.6 is 11.6 Å². The van der Waals surface area contributed by atoms with Gasteiger partial charge >= 0.3 is 0 Å². The second-order valence-electron chi connectivity index (χ2n) is 4.34. The summed E-state index contributed by atoms with van der Waals surface area (Å²) in [6.45, 7) is -0.398. The lowest BCUT2D eigenvalue weighted by molar-refractivity contribution is -0.120. The molecule has 0 saturated heterocycles. The minimum absolute atomic E-state index is 0.0827. The first kappa shape index (κ1) is 15.8. The first-order chi connectivity index (χ1) is 10.6. The molecular formula is C16H12ClFN2O2. The van der Waals surface area contributed by atoms with Crippen LogP contribution in [0.15, 0.2) is 48.5 Å². The maximum atomic E-state index is 12.9. The Bertz CT molecular complexity index is 701. The zero-order chi connectivity index (χ0) is 15.9. The summed E-state index contributed by atoms with van der Waals surface area (Å²) in [6.07, 6.45) is 0.